The molecule has 0 radical (unpaired) electrons. The summed E-state index contributed by atoms with van der Waals surface area (Å²) in [5.41, 5.74) is 5.81. The highest BCUT2D eigenvalue weighted by molar-refractivity contribution is 5.56. The van der Waals surface area contributed by atoms with Crippen LogP contribution < -0.4 is 15.8 Å². The Labute approximate surface area is 106 Å². The largest absolute Gasteiger partial charge is 0.573 e. The van der Waals surface area contributed by atoms with Crippen molar-refractivity contribution in [2.24, 2.45) is 0 Å². The molecule has 1 heterocycles. The molecule has 3 N–H and O–H groups in total. The maximum Gasteiger partial charge on any atom is 0.573 e. The molecular weight excluding hydrogens is 261 g/mol. The summed E-state index contributed by atoms with van der Waals surface area (Å²) in [6.07, 6.45) is -3.30. The van der Waals surface area contributed by atoms with E-state index in [1.165, 1.54) is 30.5 Å². The second kappa shape index (κ2) is 5.01. The third-order valence-corrected chi connectivity index (χ3v) is 2.00. The summed E-state index contributed by atoms with van der Waals surface area (Å²) in [6, 6.07) is 6.83. The summed E-state index contributed by atoms with van der Waals surface area (Å²) in [4.78, 5) is 7.74. The van der Waals surface area contributed by atoms with Gasteiger partial charge in [-0.3, -0.25) is 0 Å². The lowest BCUT2D eigenvalue weighted by Crippen LogP contribution is -2.17. The first-order valence-corrected chi connectivity index (χ1v) is 5.14. The van der Waals surface area contributed by atoms with Gasteiger partial charge in [0.1, 0.15) is 11.6 Å². The van der Waals surface area contributed by atoms with Crippen molar-refractivity contribution in [2.45, 2.75) is 6.36 Å². The molecular formula is C11H9F3N4O. The molecule has 0 saturated heterocycles. The average Bonchev–Trinajstić information content (AvgIpc) is 2.27. The Morgan fingerprint density at radius 1 is 1.21 bits per heavy atom. The maximum atomic E-state index is 12.1. The molecule has 0 saturated carbocycles. The molecule has 1 aromatic heterocycles. The minimum absolute atomic E-state index is 0.184. The van der Waals surface area contributed by atoms with E-state index in [0.29, 0.717) is 5.69 Å². The molecule has 0 aliphatic rings. The molecule has 8 heteroatoms. The molecule has 2 aromatic rings. The van der Waals surface area contributed by atoms with Crippen LogP contribution in [0.4, 0.5) is 30.6 Å². The molecule has 0 spiro atoms. The van der Waals surface area contributed by atoms with Crippen molar-refractivity contribution in [2.75, 3.05) is 11.1 Å². The number of hydrogen-bond acceptors (Lipinski definition) is 5. The van der Waals surface area contributed by atoms with Gasteiger partial charge in [0.15, 0.2) is 0 Å². The number of alkyl halides is 3. The fraction of sp³-hybridized carbons (Fsp3) is 0.0909. The smallest absolute Gasteiger partial charge is 0.406 e. The number of nitrogen functional groups attached to an aromatic ring is 1. The Morgan fingerprint density at radius 2 is 2.00 bits per heavy atom. The van der Waals surface area contributed by atoms with Crippen LogP contribution >= 0.6 is 0 Å². The second-order valence-electron chi connectivity index (χ2n) is 3.51. The third kappa shape index (κ3) is 4.02. The molecule has 1 aromatic carbocycles. The summed E-state index contributed by atoms with van der Waals surface area (Å²) in [7, 11) is 0. The predicted octanol–water partition coefficient (Wildman–Crippen LogP) is 2.70. The van der Waals surface area contributed by atoms with Crippen molar-refractivity contribution in [1.29, 1.82) is 0 Å². The zero-order valence-electron chi connectivity index (χ0n) is 9.48. The number of nitrogens with two attached hydrogens (primary N) is 1. The molecule has 0 unspecified atom stereocenters. The molecule has 19 heavy (non-hydrogen) atoms. The van der Waals surface area contributed by atoms with E-state index < -0.39 is 6.36 Å². The van der Waals surface area contributed by atoms with E-state index in [0.717, 1.165) is 0 Å². The summed E-state index contributed by atoms with van der Waals surface area (Å²) in [6.45, 7) is 0. The SMILES string of the molecule is Nc1ccnc(Nc2cccc(OC(F)(F)F)c2)n1. The highest BCUT2D eigenvalue weighted by Crippen LogP contribution is 2.25. The predicted molar refractivity (Wildman–Crippen MR) is 62.9 cm³/mol. The lowest BCUT2D eigenvalue weighted by molar-refractivity contribution is -0.274. The number of ether oxygens (including phenoxy) is 1. The van der Waals surface area contributed by atoms with Gasteiger partial charge in [-0.1, -0.05) is 6.07 Å². The van der Waals surface area contributed by atoms with Crippen molar-refractivity contribution in [3.05, 3.63) is 36.5 Å². The first kappa shape index (κ1) is 12.9. The van der Waals surface area contributed by atoms with Gasteiger partial charge in [0.2, 0.25) is 5.95 Å². The van der Waals surface area contributed by atoms with Crippen LogP contribution in [-0.2, 0) is 0 Å². The van der Waals surface area contributed by atoms with E-state index in [4.69, 9.17) is 5.73 Å². The van der Waals surface area contributed by atoms with E-state index in [9.17, 15) is 13.2 Å². The topological polar surface area (TPSA) is 73.1 Å². The molecule has 0 bridgehead atoms. The summed E-state index contributed by atoms with van der Waals surface area (Å²) < 4.78 is 40.0. The van der Waals surface area contributed by atoms with Crippen molar-refractivity contribution in [1.82, 2.24) is 9.97 Å². The normalized spacial score (nSPS) is 11.1. The van der Waals surface area contributed by atoms with Crippen LogP contribution in [-0.4, -0.2) is 16.3 Å². The Morgan fingerprint density at radius 3 is 2.68 bits per heavy atom. The van der Waals surface area contributed by atoms with Gasteiger partial charge >= 0.3 is 6.36 Å². The van der Waals surface area contributed by atoms with Gasteiger partial charge < -0.3 is 15.8 Å². The number of hydrogen-bond donors (Lipinski definition) is 2. The highest BCUT2D eigenvalue weighted by Gasteiger charge is 2.31. The van der Waals surface area contributed by atoms with E-state index in [1.807, 2.05) is 0 Å². The Bertz CT molecular complexity index is 574. The number of nitrogens with one attached hydrogen (secondary N) is 1. The van der Waals surface area contributed by atoms with Crippen LogP contribution in [0.1, 0.15) is 0 Å². The van der Waals surface area contributed by atoms with Crippen LogP contribution in [0.3, 0.4) is 0 Å². The summed E-state index contributed by atoms with van der Waals surface area (Å²) in [5, 5.41) is 2.72. The van der Waals surface area contributed by atoms with Crippen LogP contribution in [0.15, 0.2) is 36.5 Å². The van der Waals surface area contributed by atoms with Crippen LogP contribution in [0.5, 0.6) is 5.75 Å². The number of aromatic nitrogens is 2. The van der Waals surface area contributed by atoms with Gasteiger partial charge in [0.05, 0.1) is 0 Å². The minimum Gasteiger partial charge on any atom is -0.406 e. The number of nitrogens with zero attached hydrogens (tertiary/aromatic N) is 2. The van der Waals surface area contributed by atoms with Gasteiger partial charge in [-0.15, -0.1) is 13.2 Å². The van der Waals surface area contributed by atoms with Crippen molar-refractivity contribution in [3.8, 4) is 5.75 Å². The molecule has 100 valence electrons. The van der Waals surface area contributed by atoms with Gasteiger partial charge in [0.25, 0.3) is 0 Å². The van der Waals surface area contributed by atoms with Gasteiger partial charge in [-0.05, 0) is 18.2 Å². The molecule has 0 aliphatic heterocycles. The first-order valence-electron chi connectivity index (χ1n) is 5.14. The monoisotopic (exact) mass is 270 g/mol. The van der Waals surface area contributed by atoms with Crippen molar-refractivity contribution >= 4 is 17.5 Å². The molecule has 0 amide bonds. The van der Waals surface area contributed by atoms with E-state index in [2.05, 4.69) is 20.0 Å². The van der Waals surface area contributed by atoms with Crippen LogP contribution in [0.25, 0.3) is 0 Å². The molecule has 0 atom stereocenters. The van der Waals surface area contributed by atoms with Gasteiger partial charge in [0, 0.05) is 18.0 Å². The quantitative estimate of drug-likeness (QED) is 0.897. The lowest BCUT2D eigenvalue weighted by Gasteiger charge is -2.10. The van der Waals surface area contributed by atoms with E-state index >= 15 is 0 Å². The Balaban J connectivity index is 2.15. The number of halogens is 3. The third-order valence-electron chi connectivity index (χ3n) is 2.00. The summed E-state index contributed by atoms with van der Waals surface area (Å²) in [5.74, 6) is 0.103. The van der Waals surface area contributed by atoms with Gasteiger partial charge in [-0.25, -0.2) is 4.98 Å². The molecule has 2 rings (SSSR count). The summed E-state index contributed by atoms with van der Waals surface area (Å²) >= 11 is 0. The zero-order chi connectivity index (χ0) is 13.9. The highest BCUT2D eigenvalue weighted by atomic mass is 19.4. The average molecular weight is 270 g/mol. The number of benzene rings is 1. The molecule has 0 fully saturated rings. The fourth-order valence-electron chi connectivity index (χ4n) is 1.33. The standard InChI is InChI=1S/C11H9F3N4O/c12-11(13,14)19-8-3-1-2-7(6-8)17-10-16-5-4-9(15)18-10/h1-6H,(H3,15,16,17,18). The molecule has 5 nitrogen and oxygen atoms in total. The Hall–Kier alpha value is -2.51. The van der Waals surface area contributed by atoms with E-state index in [1.54, 1.807) is 6.07 Å². The van der Waals surface area contributed by atoms with Gasteiger partial charge in [-0.2, -0.15) is 4.98 Å². The first-order chi connectivity index (χ1) is 8.92. The number of rotatable bonds is 3. The second-order valence-corrected chi connectivity index (χ2v) is 3.51. The van der Waals surface area contributed by atoms with Crippen LogP contribution in [0, 0.1) is 0 Å². The lowest BCUT2D eigenvalue weighted by atomic mass is 10.3. The van der Waals surface area contributed by atoms with Crippen LogP contribution in [0.2, 0.25) is 0 Å². The van der Waals surface area contributed by atoms with Crippen molar-refractivity contribution < 1.29 is 17.9 Å². The minimum atomic E-state index is -4.73. The number of anilines is 3. The fourth-order valence-corrected chi connectivity index (χ4v) is 1.33. The Kier molecular flexibility index (Phi) is 3.41. The molecule has 0 aliphatic carbocycles. The van der Waals surface area contributed by atoms with Crippen molar-refractivity contribution in [3.63, 3.8) is 0 Å². The van der Waals surface area contributed by atoms with E-state index in [-0.39, 0.29) is 17.5 Å². The maximum absolute atomic E-state index is 12.1. The zero-order valence-corrected chi connectivity index (χ0v) is 9.48.